The fraction of sp³-hybridized carbons (Fsp3) is 0.200. The van der Waals surface area contributed by atoms with Crippen molar-refractivity contribution in [3.63, 3.8) is 0 Å². The van der Waals surface area contributed by atoms with Gasteiger partial charge in [-0.1, -0.05) is 18.2 Å². The summed E-state index contributed by atoms with van der Waals surface area (Å²) in [6, 6.07) is 10.9. The lowest BCUT2D eigenvalue weighted by atomic mass is 10.2. The first-order chi connectivity index (χ1) is 11.1. The van der Waals surface area contributed by atoms with Crippen LogP contribution in [0.1, 0.15) is 16.3 Å². The quantitative estimate of drug-likeness (QED) is 0.739. The lowest BCUT2D eigenvalue weighted by Gasteiger charge is -2.03. The van der Waals surface area contributed by atoms with E-state index in [1.165, 1.54) is 0 Å². The smallest absolute Gasteiger partial charge is 0.267 e. The number of hydrogen-bond donors (Lipinski definition) is 1. The van der Waals surface area contributed by atoms with Crippen molar-refractivity contribution >= 4 is 21.2 Å². The molecule has 0 amide bonds. The molecule has 0 aliphatic heterocycles. The molecular formula is C15H15N3O3S2. The molecule has 0 bridgehead atoms. The molecule has 2 aromatic heterocycles. The van der Waals surface area contributed by atoms with E-state index < -0.39 is 9.84 Å². The van der Waals surface area contributed by atoms with Crippen molar-refractivity contribution in [3.05, 3.63) is 58.0 Å². The number of hydrogen-bond acceptors (Lipinski definition) is 6. The summed E-state index contributed by atoms with van der Waals surface area (Å²) in [5.41, 5.74) is 0.633. The maximum Gasteiger partial charge on any atom is 0.267 e. The molecule has 0 atom stereocenters. The maximum absolute atomic E-state index is 12.4. The van der Waals surface area contributed by atoms with Gasteiger partial charge in [0.2, 0.25) is 9.84 Å². The van der Waals surface area contributed by atoms with Crippen LogP contribution in [-0.4, -0.2) is 30.7 Å². The molecule has 0 unspecified atom stereocenters. The van der Waals surface area contributed by atoms with Crippen LogP contribution in [0.4, 0.5) is 0 Å². The molecule has 0 radical (unpaired) electrons. The lowest BCUT2D eigenvalue weighted by Crippen LogP contribution is -2.07. The van der Waals surface area contributed by atoms with E-state index in [4.69, 9.17) is 4.74 Å². The van der Waals surface area contributed by atoms with Gasteiger partial charge in [-0.25, -0.2) is 13.4 Å². The molecule has 0 aliphatic carbocycles. The number of aromatic nitrogens is 3. The Labute approximate surface area is 138 Å². The Kier molecular flexibility index (Phi) is 4.44. The van der Waals surface area contributed by atoms with Gasteiger partial charge in [-0.3, -0.25) is 5.10 Å². The Morgan fingerprint density at radius 3 is 2.87 bits per heavy atom. The van der Waals surface area contributed by atoms with Crippen molar-refractivity contribution in [2.45, 2.75) is 17.3 Å². The highest BCUT2D eigenvalue weighted by Crippen LogP contribution is 2.18. The second-order valence-corrected chi connectivity index (χ2v) is 7.85. The summed E-state index contributed by atoms with van der Waals surface area (Å²) < 4.78 is 30.0. The summed E-state index contributed by atoms with van der Waals surface area (Å²) >= 11 is 1.59. The number of ether oxygens (including phenoxy) is 1. The van der Waals surface area contributed by atoms with E-state index >= 15 is 0 Å². The molecule has 3 aromatic rings. The summed E-state index contributed by atoms with van der Waals surface area (Å²) in [6.07, 6.45) is 0.541. The first kappa shape index (κ1) is 15.7. The molecule has 2 heterocycles. The average Bonchev–Trinajstić information content (AvgIpc) is 3.19. The van der Waals surface area contributed by atoms with E-state index in [0.29, 0.717) is 23.6 Å². The van der Waals surface area contributed by atoms with Gasteiger partial charge in [0.1, 0.15) is 11.6 Å². The Morgan fingerprint density at radius 1 is 1.26 bits per heavy atom. The molecule has 1 aromatic carbocycles. The molecule has 23 heavy (non-hydrogen) atoms. The minimum Gasteiger partial charge on any atom is -0.497 e. The molecule has 8 heteroatoms. The average molecular weight is 349 g/mol. The fourth-order valence-corrected chi connectivity index (χ4v) is 4.01. The Balaban J connectivity index is 1.78. The molecule has 0 saturated carbocycles. The first-order valence-electron chi connectivity index (χ1n) is 6.86. The van der Waals surface area contributed by atoms with Gasteiger partial charge < -0.3 is 4.74 Å². The number of thiophene rings is 1. The van der Waals surface area contributed by atoms with Crippen LogP contribution in [0, 0.1) is 0 Å². The number of benzene rings is 1. The molecule has 120 valence electrons. The van der Waals surface area contributed by atoms with Crippen LogP contribution < -0.4 is 4.74 Å². The van der Waals surface area contributed by atoms with Gasteiger partial charge >= 0.3 is 0 Å². The van der Waals surface area contributed by atoms with E-state index in [2.05, 4.69) is 15.2 Å². The van der Waals surface area contributed by atoms with Crippen molar-refractivity contribution in [2.24, 2.45) is 0 Å². The number of H-pyrrole nitrogens is 1. The van der Waals surface area contributed by atoms with E-state index in [9.17, 15) is 8.42 Å². The van der Waals surface area contributed by atoms with Crippen molar-refractivity contribution in [3.8, 4) is 5.75 Å². The third kappa shape index (κ3) is 3.77. The lowest BCUT2D eigenvalue weighted by molar-refractivity contribution is 0.414. The Hall–Kier alpha value is -2.19. The zero-order valence-electron chi connectivity index (χ0n) is 12.4. The normalized spacial score (nSPS) is 11.5. The number of aromatic amines is 1. The van der Waals surface area contributed by atoms with Crippen molar-refractivity contribution < 1.29 is 13.2 Å². The second kappa shape index (κ2) is 6.51. The van der Waals surface area contributed by atoms with Crippen LogP contribution in [0.2, 0.25) is 0 Å². The monoisotopic (exact) mass is 349 g/mol. The molecule has 0 saturated heterocycles. The van der Waals surface area contributed by atoms with Crippen molar-refractivity contribution in [1.29, 1.82) is 0 Å². The molecule has 6 nitrogen and oxygen atoms in total. The highest BCUT2D eigenvalue weighted by Gasteiger charge is 2.21. The zero-order valence-corrected chi connectivity index (χ0v) is 14.0. The Morgan fingerprint density at radius 2 is 2.13 bits per heavy atom. The standard InChI is InChI=1S/C15H15N3O3S2/c1-21-12-5-2-4-11(8-12)10-23(19,20)15-16-14(17-18-15)9-13-6-3-7-22-13/h2-8H,9-10H2,1H3,(H,16,17,18). The van der Waals surface area contributed by atoms with Gasteiger partial charge in [0, 0.05) is 11.3 Å². The van der Waals surface area contributed by atoms with Crippen molar-refractivity contribution in [2.75, 3.05) is 7.11 Å². The maximum atomic E-state index is 12.4. The van der Waals surface area contributed by atoms with Gasteiger partial charge in [-0.2, -0.15) is 0 Å². The van der Waals surface area contributed by atoms with Crippen LogP contribution in [-0.2, 0) is 22.0 Å². The Bertz CT molecular complexity index is 886. The predicted molar refractivity (Wildman–Crippen MR) is 87.4 cm³/mol. The first-order valence-corrected chi connectivity index (χ1v) is 9.39. The molecule has 3 rings (SSSR count). The summed E-state index contributed by atoms with van der Waals surface area (Å²) in [5, 5.41) is 8.35. The SMILES string of the molecule is COc1cccc(CS(=O)(=O)c2n[nH]c(Cc3cccs3)n2)c1. The van der Waals surface area contributed by atoms with Gasteiger partial charge in [-0.05, 0) is 29.1 Å². The molecule has 0 spiro atoms. The van der Waals surface area contributed by atoms with E-state index in [1.807, 2.05) is 17.5 Å². The molecule has 0 aliphatic rings. The summed E-state index contributed by atoms with van der Waals surface area (Å²) in [5.74, 6) is 0.989. The van der Waals surface area contributed by atoms with Crippen LogP contribution in [0.3, 0.4) is 0 Å². The molecule has 0 fully saturated rings. The van der Waals surface area contributed by atoms with Crippen LogP contribution in [0.25, 0.3) is 0 Å². The van der Waals surface area contributed by atoms with Crippen LogP contribution >= 0.6 is 11.3 Å². The highest BCUT2D eigenvalue weighted by molar-refractivity contribution is 7.90. The van der Waals surface area contributed by atoms with Gasteiger partial charge in [0.15, 0.2) is 0 Å². The van der Waals surface area contributed by atoms with Gasteiger partial charge in [0.05, 0.1) is 12.9 Å². The third-order valence-electron chi connectivity index (χ3n) is 3.20. The predicted octanol–water partition coefficient (Wildman–Crippen LogP) is 2.44. The molecule has 1 N–H and O–H groups in total. The van der Waals surface area contributed by atoms with Crippen LogP contribution in [0.5, 0.6) is 5.75 Å². The second-order valence-electron chi connectivity index (χ2n) is 4.93. The van der Waals surface area contributed by atoms with E-state index in [1.54, 1.807) is 42.7 Å². The van der Waals surface area contributed by atoms with E-state index in [0.717, 1.165) is 4.88 Å². The topological polar surface area (TPSA) is 84.9 Å². The van der Waals surface area contributed by atoms with E-state index in [-0.39, 0.29) is 10.9 Å². The highest BCUT2D eigenvalue weighted by atomic mass is 32.2. The number of nitrogens with one attached hydrogen (secondary N) is 1. The number of nitrogens with zero attached hydrogens (tertiary/aromatic N) is 2. The zero-order chi connectivity index (χ0) is 16.3. The largest absolute Gasteiger partial charge is 0.497 e. The van der Waals surface area contributed by atoms with Crippen LogP contribution in [0.15, 0.2) is 46.9 Å². The number of methoxy groups -OCH3 is 1. The summed E-state index contributed by atoms with van der Waals surface area (Å²) in [6.45, 7) is 0. The molecular weight excluding hydrogens is 334 g/mol. The van der Waals surface area contributed by atoms with Gasteiger partial charge in [0.25, 0.3) is 5.16 Å². The van der Waals surface area contributed by atoms with Gasteiger partial charge in [-0.15, -0.1) is 16.4 Å². The van der Waals surface area contributed by atoms with Crippen molar-refractivity contribution in [1.82, 2.24) is 15.2 Å². The number of rotatable bonds is 6. The fourth-order valence-electron chi connectivity index (χ4n) is 2.12. The minimum absolute atomic E-state index is 0.166. The third-order valence-corrected chi connectivity index (χ3v) is 5.53. The number of sulfone groups is 1. The summed E-state index contributed by atoms with van der Waals surface area (Å²) in [4.78, 5) is 5.21. The summed E-state index contributed by atoms with van der Waals surface area (Å²) in [7, 11) is -2.06. The minimum atomic E-state index is -3.60.